The molecule has 1 aliphatic rings. The van der Waals surface area contributed by atoms with E-state index in [1.54, 1.807) is 0 Å². The van der Waals surface area contributed by atoms with E-state index in [1.807, 2.05) is 31.3 Å². The molecule has 2 aromatic heterocycles. The maximum Gasteiger partial charge on any atom is 0.106 e. The number of rotatable bonds is 5. The van der Waals surface area contributed by atoms with Crippen LogP contribution in [0.4, 0.5) is 0 Å². The highest BCUT2D eigenvalue weighted by Gasteiger charge is 2.29. The molecule has 0 fully saturated rings. The molecule has 0 spiro atoms. The summed E-state index contributed by atoms with van der Waals surface area (Å²) in [7, 11) is 2.15. The van der Waals surface area contributed by atoms with Gasteiger partial charge in [-0.3, -0.25) is 4.98 Å². The summed E-state index contributed by atoms with van der Waals surface area (Å²) < 4.78 is 2.29. The molecule has 0 amide bonds. The Balaban J connectivity index is 1.74. The molecule has 4 rings (SSSR count). The van der Waals surface area contributed by atoms with Crippen LogP contribution in [-0.2, 0) is 31.5 Å². The van der Waals surface area contributed by atoms with Crippen LogP contribution in [-0.4, -0.2) is 33.1 Å². The molecule has 1 aliphatic heterocycles. The summed E-state index contributed by atoms with van der Waals surface area (Å²) in [6, 6.07) is 10.1. The minimum absolute atomic E-state index is 0.499. The fraction of sp³-hybridized carbons (Fsp3) is 0.435. The molecule has 0 saturated carbocycles. The number of fused-ring (bicyclic) bond motifs is 3. The molecule has 148 valence electrons. The summed E-state index contributed by atoms with van der Waals surface area (Å²) in [6.07, 6.45) is 4.84. The number of aromatic nitrogens is 2. The van der Waals surface area contributed by atoms with Crippen LogP contribution in [0.2, 0.25) is 5.02 Å². The second-order valence-electron chi connectivity index (χ2n) is 8.22. The Hall–Kier alpha value is -1.88. The molecule has 3 heterocycles. The first-order chi connectivity index (χ1) is 13.4. The zero-order chi connectivity index (χ0) is 19.9. The van der Waals surface area contributed by atoms with Gasteiger partial charge in [0.05, 0.1) is 6.54 Å². The lowest BCUT2D eigenvalue weighted by molar-refractivity contribution is 0.0381. The molecule has 0 saturated heterocycles. The van der Waals surface area contributed by atoms with Crippen LogP contribution in [0.5, 0.6) is 0 Å². The van der Waals surface area contributed by atoms with Gasteiger partial charge in [0, 0.05) is 58.6 Å². The van der Waals surface area contributed by atoms with E-state index in [0.717, 1.165) is 54.1 Å². The maximum absolute atomic E-state index is 11.3. The van der Waals surface area contributed by atoms with E-state index in [9.17, 15) is 5.11 Å². The van der Waals surface area contributed by atoms with Crippen molar-refractivity contribution in [2.75, 3.05) is 13.6 Å². The second kappa shape index (κ2) is 7.51. The molecule has 1 atom stereocenters. The molecule has 1 N–H and O–H groups in total. The molecule has 28 heavy (non-hydrogen) atoms. The van der Waals surface area contributed by atoms with Gasteiger partial charge in [-0.05, 0) is 50.2 Å². The van der Waals surface area contributed by atoms with Crippen molar-refractivity contribution in [3.63, 3.8) is 0 Å². The van der Waals surface area contributed by atoms with Gasteiger partial charge < -0.3 is 14.6 Å². The number of likely N-dealkylation sites (N-methyl/N-ethyl adjacent to an activating group) is 1. The molecular weight excluding hydrogens is 370 g/mol. The van der Waals surface area contributed by atoms with Crippen LogP contribution in [0.25, 0.3) is 10.9 Å². The number of nitrogens with zero attached hydrogens (tertiary/aromatic N) is 3. The van der Waals surface area contributed by atoms with E-state index >= 15 is 0 Å². The average Bonchev–Trinajstić information content (AvgIpc) is 2.94. The molecule has 4 nitrogen and oxygen atoms in total. The minimum Gasteiger partial charge on any atom is -0.384 e. The summed E-state index contributed by atoms with van der Waals surface area (Å²) in [5, 5.41) is 13.3. The topological polar surface area (TPSA) is 41.3 Å². The first kappa shape index (κ1) is 19.4. The molecule has 3 aromatic rings. The van der Waals surface area contributed by atoms with E-state index in [2.05, 4.69) is 40.6 Å². The lowest BCUT2D eigenvalue weighted by Crippen LogP contribution is -2.31. The first-order valence-corrected chi connectivity index (χ1v) is 10.4. The number of aliphatic hydroxyl groups is 1. The fourth-order valence-electron chi connectivity index (χ4n) is 4.28. The highest BCUT2D eigenvalue weighted by atomic mass is 35.5. The van der Waals surface area contributed by atoms with Gasteiger partial charge in [0.1, 0.15) is 5.60 Å². The van der Waals surface area contributed by atoms with Gasteiger partial charge in [0.25, 0.3) is 0 Å². The number of aryl methyl sites for hydroxylation is 1. The van der Waals surface area contributed by atoms with Gasteiger partial charge in [0.2, 0.25) is 0 Å². The van der Waals surface area contributed by atoms with Gasteiger partial charge in [-0.2, -0.15) is 0 Å². The van der Waals surface area contributed by atoms with Crippen molar-refractivity contribution in [1.82, 2.24) is 14.5 Å². The molecule has 1 unspecified atom stereocenters. The normalized spacial score (nSPS) is 16.9. The van der Waals surface area contributed by atoms with Crippen molar-refractivity contribution < 1.29 is 5.11 Å². The Bertz CT molecular complexity index is 991. The maximum atomic E-state index is 11.3. The van der Waals surface area contributed by atoms with Crippen molar-refractivity contribution in [3.05, 3.63) is 64.1 Å². The van der Waals surface area contributed by atoms with Crippen LogP contribution in [0.3, 0.4) is 0 Å². The smallest absolute Gasteiger partial charge is 0.106 e. The summed E-state index contributed by atoms with van der Waals surface area (Å²) >= 11 is 6.30. The summed E-state index contributed by atoms with van der Waals surface area (Å²) in [6.45, 7) is 6.46. The quantitative estimate of drug-likeness (QED) is 0.687. The van der Waals surface area contributed by atoms with E-state index < -0.39 is 5.60 Å². The molecular formula is C23H28ClN3O. The van der Waals surface area contributed by atoms with Crippen molar-refractivity contribution in [2.45, 2.75) is 51.8 Å². The van der Waals surface area contributed by atoms with Crippen LogP contribution >= 0.6 is 11.6 Å². The molecule has 5 heteroatoms. The Morgan fingerprint density at radius 1 is 1.25 bits per heavy atom. The molecule has 0 bridgehead atoms. The summed E-state index contributed by atoms with van der Waals surface area (Å²) in [4.78, 5) is 6.88. The van der Waals surface area contributed by atoms with Crippen molar-refractivity contribution in [3.8, 4) is 0 Å². The lowest BCUT2D eigenvalue weighted by atomic mass is 9.96. The highest BCUT2D eigenvalue weighted by molar-refractivity contribution is 6.31. The summed E-state index contributed by atoms with van der Waals surface area (Å²) in [5.41, 5.74) is 4.71. The van der Waals surface area contributed by atoms with E-state index in [0.29, 0.717) is 6.54 Å². The van der Waals surface area contributed by atoms with Gasteiger partial charge in [-0.1, -0.05) is 31.0 Å². The van der Waals surface area contributed by atoms with E-state index in [4.69, 9.17) is 11.6 Å². The van der Waals surface area contributed by atoms with Gasteiger partial charge in [0.15, 0.2) is 0 Å². The Kier molecular flexibility index (Phi) is 5.21. The van der Waals surface area contributed by atoms with Crippen LogP contribution in [0.1, 0.15) is 42.8 Å². The Labute approximate surface area is 171 Å². The van der Waals surface area contributed by atoms with E-state index in [-0.39, 0.29) is 0 Å². The third-order valence-corrected chi connectivity index (χ3v) is 6.06. The third kappa shape index (κ3) is 3.57. The second-order valence-corrected chi connectivity index (χ2v) is 8.66. The largest absolute Gasteiger partial charge is 0.384 e. The monoisotopic (exact) mass is 397 g/mol. The fourth-order valence-corrected chi connectivity index (χ4v) is 4.46. The third-order valence-electron chi connectivity index (χ3n) is 5.83. The Morgan fingerprint density at radius 2 is 2.07 bits per heavy atom. The van der Waals surface area contributed by atoms with Gasteiger partial charge in [-0.15, -0.1) is 0 Å². The summed E-state index contributed by atoms with van der Waals surface area (Å²) in [5.74, 6) is 0. The van der Waals surface area contributed by atoms with Crippen molar-refractivity contribution >= 4 is 22.5 Å². The first-order valence-electron chi connectivity index (χ1n) is 10.0. The lowest BCUT2D eigenvalue weighted by Gasteiger charge is -2.28. The Morgan fingerprint density at radius 3 is 2.79 bits per heavy atom. The van der Waals surface area contributed by atoms with Crippen LogP contribution in [0, 0.1) is 0 Å². The predicted molar refractivity (Wildman–Crippen MR) is 115 cm³/mol. The molecule has 0 radical (unpaired) electrons. The zero-order valence-corrected chi connectivity index (χ0v) is 17.6. The van der Waals surface area contributed by atoms with Crippen LogP contribution in [0.15, 0.2) is 36.5 Å². The van der Waals surface area contributed by atoms with Gasteiger partial charge in [-0.25, -0.2) is 0 Å². The molecule has 0 aliphatic carbocycles. The highest BCUT2D eigenvalue weighted by Crippen LogP contribution is 2.35. The number of hydrogen-bond donors (Lipinski definition) is 1. The van der Waals surface area contributed by atoms with Gasteiger partial charge >= 0.3 is 0 Å². The molecule has 1 aromatic carbocycles. The average molecular weight is 398 g/mol. The number of hydrogen-bond acceptors (Lipinski definition) is 3. The van der Waals surface area contributed by atoms with Crippen molar-refractivity contribution in [1.29, 1.82) is 0 Å². The number of pyridine rings is 1. The number of halogens is 1. The number of benzene rings is 1. The standard InChI is InChI=1S/C23H28ClN3O/c1-4-5-18-8-6-16(13-25-18)23(2,28)15-27-21-9-7-17(24)12-19(21)20-14-26(3)11-10-22(20)27/h6-9,12-13,28H,4-5,10-11,14-15H2,1-3H3. The van der Waals surface area contributed by atoms with Crippen molar-refractivity contribution in [2.24, 2.45) is 0 Å². The predicted octanol–water partition coefficient (Wildman–Crippen LogP) is 4.54. The van der Waals surface area contributed by atoms with E-state index in [1.165, 1.54) is 16.6 Å². The minimum atomic E-state index is -1.000. The zero-order valence-electron chi connectivity index (χ0n) is 16.9. The SMILES string of the molecule is CCCc1ccc(C(C)(O)Cn2c3c(c4cc(Cl)ccc42)CN(C)CC3)cn1. The van der Waals surface area contributed by atoms with Crippen LogP contribution < -0.4 is 0 Å².